The number of fused-ring (bicyclic) bond motifs is 1. The Balaban J connectivity index is 1.51. The summed E-state index contributed by atoms with van der Waals surface area (Å²) in [5.74, 6) is 2.34. The topological polar surface area (TPSA) is 34.1 Å². The van der Waals surface area contributed by atoms with Crippen LogP contribution in [0.2, 0.25) is 0 Å². The van der Waals surface area contributed by atoms with Gasteiger partial charge in [-0.05, 0) is 105 Å². The van der Waals surface area contributed by atoms with Crippen molar-refractivity contribution in [3.05, 3.63) is 83.4 Å². The van der Waals surface area contributed by atoms with Crippen LogP contribution in [-0.2, 0) is 0 Å². The molecule has 0 amide bonds. The highest BCUT2D eigenvalue weighted by Crippen LogP contribution is 2.39. The van der Waals surface area contributed by atoms with Gasteiger partial charge in [-0.1, -0.05) is 6.08 Å². The lowest BCUT2D eigenvalue weighted by Gasteiger charge is -2.41. The number of benzene rings is 3. The van der Waals surface area contributed by atoms with E-state index in [0.29, 0.717) is 0 Å². The lowest BCUT2D eigenvalue weighted by atomic mass is 9.87. The predicted molar refractivity (Wildman–Crippen MR) is 134 cm³/mol. The maximum absolute atomic E-state index is 5.90. The van der Waals surface area contributed by atoms with Crippen molar-refractivity contribution < 1.29 is 9.47 Å². The average molecular weight is 427 g/mol. The van der Waals surface area contributed by atoms with E-state index in [1.807, 2.05) is 54.7 Å². The van der Waals surface area contributed by atoms with E-state index in [0.717, 1.165) is 28.5 Å². The minimum Gasteiger partial charge on any atom is -0.497 e. The molecular weight excluding hydrogens is 396 g/mol. The van der Waals surface area contributed by atoms with Gasteiger partial charge in [0.1, 0.15) is 17.2 Å². The highest BCUT2D eigenvalue weighted by atomic mass is 16.5. The summed E-state index contributed by atoms with van der Waals surface area (Å²) in [6.45, 7) is 8.81. The second kappa shape index (κ2) is 8.54. The summed E-state index contributed by atoms with van der Waals surface area (Å²) in [7, 11) is 3.81. The number of anilines is 1. The standard InChI is InChI=1S/C28H30N2O2/c1-19-15-27-26(20(2)17-28(3,4)30(27)5)16-21(19)18-29-22-7-9-24(10-8-22)32-25-13-11-23(31-6)12-14-25/h7-18H,1-6H3. The van der Waals surface area contributed by atoms with Crippen molar-refractivity contribution in [1.29, 1.82) is 0 Å². The van der Waals surface area contributed by atoms with E-state index >= 15 is 0 Å². The number of likely N-dealkylation sites (N-methyl/N-ethyl adjacent to an activating group) is 1. The van der Waals surface area contributed by atoms with E-state index in [9.17, 15) is 0 Å². The first-order chi connectivity index (χ1) is 15.3. The summed E-state index contributed by atoms with van der Waals surface area (Å²) >= 11 is 0. The molecule has 32 heavy (non-hydrogen) atoms. The summed E-state index contributed by atoms with van der Waals surface area (Å²) in [5, 5.41) is 0. The van der Waals surface area contributed by atoms with Crippen molar-refractivity contribution in [2.24, 2.45) is 4.99 Å². The Morgan fingerprint density at radius 3 is 2.09 bits per heavy atom. The maximum atomic E-state index is 5.90. The summed E-state index contributed by atoms with van der Waals surface area (Å²) in [6.07, 6.45) is 4.27. The number of hydrogen-bond donors (Lipinski definition) is 0. The number of aliphatic imine (C=N–C) groups is 1. The molecule has 4 nitrogen and oxygen atoms in total. The molecule has 0 unspecified atom stereocenters. The van der Waals surface area contributed by atoms with Gasteiger partial charge in [0.15, 0.2) is 0 Å². The second-order valence-corrected chi connectivity index (χ2v) is 8.80. The molecule has 1 aliphatic rings. The summed E-state index contributed by atoms with van der Waals surface area (Å²) in [6, 6.07) is 19.8. The van der Waals surface area contributed by atoms with Gasteiger partial charge in [0.25, 0.3) is 0 Å². The van der Waals surface area contributed by atoms with Gasteiger partial charge in [0.2, 0.25) is 0 Å². The van der Waals surface area contributed by atoms with Crippen LogP contribution >= 0.6 is 0 Å². The lowest BCUT2D eigenvalue weighted by molar-refractivity contribution is 0.413. The molecule has 0 bridgehead atoms. The fraction of sp³-hybridized carbons (Fsp3) is 0.250. The lowest BCUT2D eigenvalue weighted by Crippen LogP contribution is -2.42. The van der Waals surface area contributed by atoms with Crippen molar-refractivity contribution in [2.45, 2.75) is 33.2 Å². The molecule has 0 saturated carbocycles. The number of methoxy groups -OCH3 is 1. The molecule has 0 atom stereocenters. The Morgan fingerprint density at radius 1 is 0.875 bits per heavy atom. The molecule has 0 spiro atoms. The van der Waals surface area contributed by atoms with E-state index in [1.165, 1.54) is 22.4 Å². The number of rotatable bonds is 5. The Hall–Kier alpha value is -3.53. The molecule has 0 radical (unpaired) electrons. The fourth-order valence-corrected chi connectivity index (χ4v) is 3.98. The molecule has 4 rings (SSSR count). The van der Waals surface area contributed by atoms with Crippen LogP contribution in [0.25, 0.3) is 5.57 Å². The van der Waals surface area contributed by atoms with Crippen molar-refractivity contribution in [3.8, 4) is 17.2 Å². The minimum atomic E-state index is 0.00869. The van der Waals surface area contributed by atoms with E-state index < -0.39 is 0 Å². The molecule has 0 N–H and O–H groups in total. The molecular formula is C28H30N2O2. The molecule has 4 heteroatoms. The first-order valence-corrected chi connectivity index (χ1v) is 10.8. The maximum Gasteiger partial charge on any atom is 0.127 e. The zero-order chi connectivity index (χ0) is 22.9. The molecule has 0 fully saturated rings. The minimum absolute atomic E-state index is 0.00869. The molecule has 164 valence electrons. The number of aryl methyl sites for hydroxylation is 1. The van der Waals surface area contributed by atoms with E-state index in [1.54, 1.807) is 7.11 Å². The Bertz CT molecular complexity index is 1170. The second-order valence-electron chi connectivity index (χ2n) is 8.80. The van der Waals surface area contributed by atoms with Crippen LogP contribution in [0.1, 0.15) is 37.5 Å². The van der Waals surface area contributed by atoms with E-state index in [4.69, 9.17) is 14.5 Å². The summed E-state index contributed by atoms with van der Waals surface area (Å²) < 4.78 is 11.1. The third-order valence-electron chi connectivity index (χ3n) is 6.09. The van der Waals surface area contributed by atoms with Crippen LogP contribution in [0.3, 0.4) is 0 Å². The van der Waals surface area contributed by atoms with Crippen LogP contribution in [0, 0.1) is 6.92 Å². The zero-order valence-electron chi connectivity index (χ0n) is 19.6. The van der Waals surface area contributed by atoms with Gasteiger partial charge in [-0.3, -0.25) is 4.99 Å². The van der Waals surface area contributed by atoms with Crippen LogP contribution < -0.4 is 14.4 Å². The van der Waals surface area contributed by atoms with E-state index in [2.05, 4.69) is 57.9 Å². The first-order valence-electron chi connectivity index (χ1n) is 10.8. The van der Waals surface area contributed by atoms with Crippen molar-refractivity contribution in [3.63, 3.8) is 0 Å². The smallest absolute Gasteiger partial charge is 0.127 e. The van der Waals surface area contributed by atoms with Crippen molar-refractivity contribution in [1.82, 2.24) is 0 Å². The fourth-order valence-electron chi connectivity index (χ4n) is 3.98. The molecule has 0 aromatic heterocycles. The summed E-state index contributed by atoms with van der Waals surface area (Å²) in [4.78, 5) is 7.04. The monoisotopic (exact) mass is 426 g/mol. The third kappa shape index (κ3) is 4.40. The van der Waals surface area contributed by atoms with Gasteiger partial charge in [0, 0.05) is 24.5 Å². The Morgan fingerprint density at radius 2 is 1.47 bits per heavy atom. The molecule has 3 aromatic rings. The van der Waals surface area contributed by atoms with Crippen LogP contribution in [0.4, 0.5) is 11.4 Å². The van der Waals surface area contributed by atoms with Crippen molar-refractivity contribution >= 4 is 23.2 Å². The largest absolute Gasteiger partial charge is 0.497 e. The van der Waals surface area contributed by atoms with Gasteiger partial charge in [-0.25, -0.2) is 0 Å². The molecule has 0 aliphatic carbocycles. The van der Waals surface area contributed by atoms with E-state index in [-0.39, 0.29) is 5.54 Å². The van der Waals surface area contributed by atoms with Crippen LogP contribution in [0.5, 0.6) is 17.2 Å². The van der Waals surface area contributed by atoms with Gasteiger partial charge in [-0.2, -0.15) is 0 Å². The molecule has 3 aromatic carbocycles. The van der Waals surface area contributed by atoms with Crippen LogP contribution in [0.15, 0.2) is 71.7 Å². The molecule has 1 heterocycles. The zero-order valence-corrected chi connectivity index (χ0v) is 19.6. The molecule has 0 saturated heterocycles. The SMILES string of the molecule is COc1ccc(Oc2ccc(N=Cc3cc4c(cc3C)N(C)C(C)(C)C=C4C)cc2)cc1. The number of ether oxygens (including phenoxy) is 2. The van der Waals surface area contributed by atoms with Crippen molar-refractivity contribution in [2.75, 3.05) is 19.1 Å². The van der Waals surface area contributed by atoms with Crippen LogP contribution in [-0.4, -0.2) is 25.9 Å². The molecule has 1 aliphatic heterocycles. The average Bonchev–Trinajstić information content (AvgIpc) is 2.78. The first kappa shape index (κ1) is 21.7. The predicted octanol–water partition coefficient (Wildman–Crippen LogP) is 7.18. The third-order valence-corrected chi connectivity index (χ3v) is 6.09. The Labute approximate surface area is 190 Å². The number of nitrogens with zero attached hydrogens (tertiary/aromatic N) is 2. The van der Waals surface area contributed by atoms with Gasteiger partial charge >= 0.3 is 0 Å². The number of allylic oxidation sites excluding steroid dienone is 1. The Kier molecular flexibility index (Phi) is 5.79. The van der Waals surface area contributed by atoms with Gasteiger partial charge in [0.05, 0.1) is 18.3 Å². The van der Waals surface area contributed by atoms with Gasteiger partial charge < -0.3 is 14.4 Å². The quantitative estimate of drug-likeness (QED) is 0.405. The number of hydrogen-bond acceptors (Lipinski definition) is 4. The highest BCUT2D eigenvalue weighted by molar-refractivity contribution is 5.90. The summed E-state index contributed by atoms with van der Waals surface area (Å²) in [5.41, 5.74) is 7.07. The normalized spacial score (nSPS) is 14.8. The van der Waals surface area contributed by atoms with Gasteiger partial charge in [-0.15, -0.1) is 0 Å². The highest BCUT2D eigenvalue weighted by Gasteiger charge is 2.28.